The molecule has 0 aromatic rings. The van der Waals surface area contributed by atoms with Gasteiger partial charge in [0.15, 0.2) is 0 Å². The van der Waals surface area contributed by atoms with E-state index >= 15 is 0 Å². The normalized spacial score (nSPS) is 44.7. The Morgan fingerprint density at radius 2 is 2.22 bits per heavy atom. The fraction of sp³-hybridized carbons (Fsp3) is 1.00. The lowest BCUT2D eigenvalue weighted by Gasteiger charge is -2.04. The van der Waals surface area contributed by atoms with E-state index < -0.39 is 0 Å². The smallest absolute Gasteiger partial charge is 0.00459 e. The van der Waals surface area contributed by atoms with Gasteiger partial charge in [0.05, 0.1) is 0 Å². The van der Waals surface area contributed by atoms with Crippen molar-refractivity contribution in [3.05, 3.63) is 0 Å². The van der Waals surface area contributed by atoms with E-state index in [-0.39, 0.29) is 0 Å². The number of nitrogens with two attached hydrogens (primary N) is 1. The van der Waals surface area contributed by atoms with Gasteiger partial charge in [0, 0.05) is 0 Å². The van der Waals surface area contributed by atoms with E-state index in [2.05, 4.69) is 6.92 Å². The Kier molecular flexibility index (Phi) is 0.963. The summed E-state index contributed by atoms with van der Waals surface area (Å²) >= 11 is 0. The maximum absolute atomic E-state index is 5.55. The van der Waals surface area contributed by atoms with Crippen molar-refractivity contribution in [2.45, 2.75) is 26.2 Å². The molecular formula is C8H15N. The van der Waals surface area contributed by atoms with Crippen LogP contribution in [0.2, 0.25) is 0 Å². The van der Waals surface area contributed by atoms with Gasteiger partial charge < -0.3 is 5.73 Å². The first kappa shape index (κ1) is 5.72. The van der Waals surface area contributed by atoms with Crippen LogP contribution in [-0.2, 0) is 0 Å². The molecule has 2 aliphatic carbocycles. The largest absolute Gasteiger partial charge is 0.330 e. The van der Waals surface area contributed by atoms with Crippen LogP contribution in [0, 0.1) is 17.3 Å². The Morgan fingerprint density at radius 1 is 1.56 bits per heavy atom. The molecular weight excluding hydrogens is 110 g/mol. The third-order valence-electron chi connectivity index (χ3n) is 3.16. The van der Waals surface area contributed by atoms with Gasteiger partial charge in [-0.1, -0.05) is 6.92 Å². The van der Waals surface area contributed by atoms with E-state index in [1.165, 1.54) is 19.3 Å². The second kappa shape index (κ2) is 1.51. The van der Waals surface area contributed by atoms with Gasteiger partial charge in [-0.2, -0.15) is 0 Å². The summed E-state index contributed by atoms with van der Waals surface area (Å²) in [4.78, 5) is 0. The van der Waals surface area contributed by atoms with E-state index in [1.54, 1.807) is 0 Å². The second-order valence-corrected chi connectivity index (χ2v) is 3.99. The lowest BCUT2D eigenvalue weighted by atomic mass is 10.0. The minimum atomic E-state index is 0.754. The molecule has 1 heteroatoms. The highest BCUT2D eigenvalue weighted by Crippen LogP contribution is 2.63. The molecule has 2 saturated carbocycles. The van der Waals surface area contributed by atoms with Crippen molar-refractivity contribution in [1.29, 1.82) is 0 Å². The summed E-state index contributed by atoms with van der Waals surface area (Å²) < 4.78 is 0. The van der Waals surface area contributed by atoms with E-state index in [4.69, 9.17) is 5.73 Å². The first-order valence-electron chi connectivity index (χ1n) is 3.96. The fourth-order valence-electron chi connectivity index (χ4n) is 1.93. The van der Waals surface area contributed by atoms with Gasteiger partial charge in [-0.15, -0.1) is 0 Å². The van der Waals surface area contributed by atoms with Crippen molar-refractivity contribution < 1.29 is 0 Å². The van der Waals surface area contributed by atoms with Crippen molar-refractivity contribution in [2.24, 2.45) is 23.0 Å². The summed E-state index contributed by atoms with van der Waals surface area (Å²) in [6.45, 7) is 3.34. The zero-order valence-corrected chi connectivity index (χ0v) is 6.06. The summed E-state index contributed by atoms with van der Waals surface area (Å²) in [7, 11) is 0. The lowest BCUT2D eigenvalue weighted by Crippen LogP contribution is -2.06. The lowest BCUT2D eigenvalue weighted by molar-refractivity contribution is 0.457. The van der Waals surface area contributed by atoms with Gasteiger partial charge in [-0.3, -0.25) is 0 Å². The quantitative estimate of drug-likeness (QED) is 0.593. The summed E-state index contributed by atoms with van der Waals surface area (Å²) in [6.07, 6.45) is 4.36. The van der Waals surface area contributed by atoms with Gasteiger partial charge in [0.2, 0.25) is 0 Å². The average molecular weight is 125 g/mol. The van der Waals surface area contributed by atoms with E-state index in [9.17, 15) is 0 Å². The van der Waals surface area contributed by atoms with Crippen LogP contribution in [-0.4, -0.2) is 6.54 Å². The van der Waals surface area contributed by atoms with Crippen LogP contribution in [0.4, 0.5) is 0 Å². The Balaban J connectivity index is 1.90. The van der Waals surface area contributed by atoms with Crippen molar-refractivity contribution >= 4 is 0 Å². The van der Waals surface area contributed by atoms with Crippen LogP contribution in [0.15, 0.2) is 0 Å². The molecule has 9 heavy (non-hydrogen) atoms. The number of hydrogen-bond donors (Lipinski definition) is 1. The molecule has 0 spiro atoms. The molecule has 52 valence electrons. The molecule has 0 heterocycles. The molecule has 2 aliphatic rings. The van der Waals surface area contributed by atoms with E-state index in [1.807, 2.05) is 0 Å². The topological polar surface area (TPSA) is 26.0 Å². The SMILES string of the molecule is CC1([C@@H]2C[C@H]2CN)CC1. The minimum absolute atomic E-state index is 0.754. The molecule has 0 bridgehead atoms. The van der Waals surface area contributed by atoms with Gasteiger partial charge in [0.25, 0.3) is 0 Å². The van der Waals surface area contributed by atoms with Crippen molar-refractivity contribution in [3.63, 3.8) is 0 Å². The molecule has 2 rings (SSSR count). The predicted octanol–water partition coefficient (Wildman–Crippen LogP) is 1.38. The summed E-state index contributed by atoms with van der Waals surface area (Å²) in [5.41, 5.74) is 6.30. The number of hydrogen-bond acceptors (Lipinski definition) is 1. The standard InChI is InChI=1S/C8H15N/c1-8(2-3-8)7-4-6(7)5-9/h6-7H,2-5,9H2,1H3/t6-,7+/m0/s1. The van der Waals surface area contributed by atoms with E-state index in [0.717, 1.165) is 23.8 Å². The summed E-state index contributed by atoms with van der Waals surface area (Å²) in [5.74, 6) is 1.92. The Labute approximate surface area is 56.6 Å². The van der Waals surface area contributed by atoms with Crippen LogP contribution in [0.3, 0.4) is 0 Å². The summed E-state index contributed by atoms with van der Waals surface area (Å²) in [6, 6.07) is 0. The third kappa shape index (κ3) is 0.787. The zero-order chi connectivity index (χ0) is 6.48. The van der Waals surface area contributed by atoms with Crippen molar-refractivity contribution in [1.82, 2.24) is 0 Å². The molecule has 0 aliphatic heterocycles. The first-order chi connectivity index (χ1) is 4.26. The molecule has 0 aromatic heterocycles. The second-order valence-electron chi connectivity index (χ2n) is 3.99. The maximum Gasteiger partial charge on any atom is -0.00459 e. The fourth-order valence-corrected chi connectivity index (χ4v) is 1.93. The van der Waals surface area contributed by atoms with Gasteiger partial charge in [-0.05, 0) is 43.1 Å². The highest BCUT2D eigenvalue weighted by Gasteiger charge is 2.55. The Bertz CT molecular complexity index is 127. The third-order valence-corrected chi connectivity index (χ3v) is 3.16. The molecule has 1 nitrogen and oxygen atoms in total. The highest BCUT2D eigenvalue weighted by atomic mass is 14.7. The Morgan fingerprint density at radius 3 is 2.56 bits per heavy atom. The number of rotatable bonds is 2. The maximum atomic E-state index is 5.55. The van der Waals surface area contributed by atoms with Gasteiger partial charge in [-0.25, -0.2) is 0 Å². The van der Waals surface area contributed by atoms with E-state index in [0.29, 0.717) is 0 Å². The summed E-state index contributed by atoms with van der Waals surface area (Å²) in [5, 5.41) is 0. The molecule has 0 unspecified atom stereocenters. The molecule has 0 radical (unpaired) electrons. The van der Waals surface area contributed by atoms with Gasteiger partial charge >= 0.3 is 0 Å². The average Bonchev–Trinajstić information content (AvgIpc) is 2.60. The minimum Gasteiger partial charge on any atom is -0.330 e. The molecule has 0 saturated heterocycles. The van der Waals surface area contributed by atoms with Crippen molar-refractivity contribution in [2.75, 3.05) is 6.54 Å². The van der Waals surface area contributed by atoms with Crippen LogP contribution < -0.4 is 5.73 Å². The molecule has 0 aromatic carbocycles. The first-order valence-corrected chi connectivity index (χ1v) is 3.96. The molecule has 0 amide bonds. The zero-order valence-electron chi connectivity index (χ0n) is 6.06. The molecule has 2 fully saturated rings. The van der Waals surface area contributed by atoms with Crippen LogP contribution >= 0.6 is 0 Å². The van der Waals surface area contributed by atoms with Crippen LogP contribution in [0.1, 0.15) is 26.2 Å². The predicted molar refractivity (Wildman–Crippen MR) is 38.0 cm³/mol. The van der Waals surface area contributed by atoms with Crippen LogP contribution in [0.25, 0.3) is 0 Å². The molecule has 2 atom stereocenters. The molecule has 2 N–H and O–H groups in total. The van der Waals surface area contributed by atoms with Gasteiger partial charge in [0.1, 0.15) is 0 Å². The highest BCUT2D eigenvalue weighted by molar-refractivity contribution is 5.05. The monoisotopic (exact) mass is 125 g/mol. The van der Waals surface area contributed by atoms with Crippen molar-refractivity contribution in [3.8, 4) is 0 Å². The van der Waals surface area contributed by atoms with Crippen LogP contribution in [0.5, 0.6) is 0 Å². The Hall–Kier alpha value is -0.0400.